The molecule has 2 heteroatoms. The van der Waals surface area contributed by atoms with E-state index in [1.807, 2.05) is 48.5 Å². The quantitative estimate of drug-likeness (QED) is 0.549. The summed E-state index contributed by atoms with van der Waals surface area (Å²) in [4.78, 5) is 0. The molecule has 0 aliphatic carbocycles. The Morgan fingerprint density at radius 1 is 0.762 bits per heavy atom. The van der Waals surface area contributed by atoms with Gasteiger partial charge < -0.3 is 0 Å². The standard InChI is InChI=1S/C19H16N2/c1-2-8-16(9-3-1)10-7-15-20-21-19-14-6-12-17-11-4-5-13-18(17)19/h1-14H,15H2. The van der Waals surface area contributed by atoms with Crippen molar-refractivity contribution in [2.45, 2.75) is 0 Å². The third-order valence-corrected chi connectivity index (χ3v) is 3.24. The van der Waals surface area contributed by atoms with Gasteiger partial charge in [-0.05, 0) is 17.0 Å². The molecule has 0 saturated heterocycles. The number of rotatable bonds is 4. The summed E-state index contributed by atoms with van der Waals surface area (Å²) in [5, 5.41) is 10.9. The molecule has 0 bridgehead atoms. The lowest BCUT2D eigenvalue weighted by molar-refractivity contribution is 1.08. The van der Waals surface area contributed by atoms with Gasteiger partial charge in [-0.1, -0.05) is 78.9 Å². The molecule has 0 saturated carbocycles. The van der Waals surface area contributed by atoms with Crippen LogP contribution < -0.4 is 0 Å². The zero-order valence-corrected chi connectivity index (χ0v) is 11.7. The molecule has 21 heavy (non-hydrogen) atoms. The van der Waals surface area contributed by atoms with Crippen LogP contribution in [0, 0.1) is 0 Å². The van der Waals surface area contributed by atoms with Gasteiger partial charge >= 0.3 is 0 Å². The average molecular weight is 272 g/mol. The Bertz CT molecular complexity index is 768. The van der Waals surface area contributed by atoms with Crippen LogP contribution in [0.2, 0.25) is 0 Å². The van der Waals surface area contributed by atoms with Gasteiger partial charge in [0.25, 0.3) is 0 Å². The van der Waals surface area contributed by atoms with E-state index in [0.717, 1.165) is 11.1 Å². The van der Waals surface area contributed by atoms with Crippen molar-refractivity contribution in [3.63, 3.8) is 0 Å². The van der Waals surface area contributed by atoms with E-state index in [2.05, 4.69) is 46.6 Å². The van der Waals surface area contributed by atoms with Crippen molar-refractivity contribution < 1.29 is 0 Å². The second-order valence-corrected chi connectivity index (χ2v) is 4.74. The lowest BCUT2D eigenvalue weighted by atomic mass is 10.1. The normalized spacial score (nSPS) is 11.6. The van der Waals surface area contributed by atoms with Gasteiger partial charge in [0.1, 0.15) is 0 Å². The van der Waals surface area contributed by atoms with Crippen molar-refractivity contribution in [2.75, 3.05) is 6.54 Å². The minimum atomic E-state index is 0.581. The molecule has 102 valence electrons. The topological polar surface area (TPSA) is 24.7 Å². The van der Waals surface area contributed by atoms with Crippen LogP contribution in [0.1, 0.15) is 5.56 Å². The molecule has 0 aromatic heterocycles. The number of nitrogens with zero attached hydrogens (tertiary/aromatic N) is 2. The smallest absolute Gasteiger partial charge is 0.0930 e. The highest BCUT2D eigenvalue weighted by molar-refractivity contribution is 5.92. The highest BCUT2D eigenvalue weighted by Crippen LogP contribution is 2.25. The molecule has 3 rings (SSSR count). The van der Waals surface area contributed by atoms with Crippen molar-refractivity contribution in [2.24, 2.45) is 10.2 Å². The van der Waals surface area contributed by atoms with E-state index in [4.69, 9.17) is 0 Å². The van der Waals surface area contributed by atoms with E-state index < -0.39 is 0 Å². The molecule has 0 fully saturated rings. The molecule has 2 nitrogen and oxygen atoms in total. The van der Waals surface area contributed by atoms with Crippen LogP contribution in [0.3, 0.4) is 0 Å². The first kappa shape index (κ1) is 13.3. The van der Waals surface area contributed by atoms with Gasteiger partial charge in [0, 0.05) is 5.39 Å². The second kappa shape index (κ2) is 6.62. The first-order chi connectivity index (χ1) is 10.4. The molecule has 0 atom stereocenters. The number of hydrogen-bond acceptors (Lipinski definition) is 2. The summed E-state index contributed by atoms with van der Waals surface area (Å²) in [7, 11) is 0. The van der Waals surface area contributed by atoms with Crippen LogP contribution >= 0.6 is 0 Å². The van der Waals surface area contributed by atoms with Crippen molar-refractivity contribution in [3.05, 3.63) is 84.4 Å². The van der Waals surface area contributed by atoms with Crippen LogP contribution in [0.5, 0.6) is 0 Å². The summed E-state index contributed by atoms with van der Waals surface area (Å²) < 4.78 is 0. The molecule has 3 aromatic carbocycles. The predicted molar refractivity (Wildman–Crippen MR) is 88.8 cm³/mol. The van der Waals surface area contributed by atoms with Gasteiger partial charge in [0.05, 0.1) is 12.2 Å². The molecule has 0 radical (unpaired) electrons. The number of hydrogen-bond donors (Lipinski definition) is 0. The maximum absolute atomic E-state index is 4.34. The number of azo groups is 1. The van der Waals surface area contributed by atoms with Gasteiger partial charge in [-0.2, -0.15) is 10.2 Å². The zero-order valence-electron chi connectivity index (χ0n) is 11.7. The maximum Gasteiger partial charge on any atom is 0.0930 e. The van der Waals surface area contributed by atoms with Gasteiger partial charge in [0.15, 0.2) is 0 Å². The van der Waals surface area contributed by atoms with E-state index in [-0.39, 0.29) is 0 Å². The van der Waals surface area contributed by atoms with Gasteiger partial charge in [-0.25, -0.2) is 0 Å². The summed E-state index contributed by atoms with van der Waals surface area (Å²) in [6, 6.07) is 24.5. The Hall–Kier alpha value is -2.74. The van der Waals surface area contributed by atoms with E-state index in [1.165, 1.54) is 10.9 Å². The summed E-state index contributed by atoms with van der Waals surface area (Å²) >= 11 is 0. The second-order valence-electron chi connectivity index (χ2n) is 4.74. The molecule has 0 heterocycles. The summed E-state index contributed by atoms with van der Waals surface area (Å²) in [6.07, 6.45) is 4.08. The Balaban J connectivity index is 1.70. The monoisotopic (exact) mass is 272 g/mol. The Labute approximate surface area is 124 Å². The molecule has 3 aromatic rings. The molecule has 0 spiro atoms. The fraction of sp³-hybridized carbons (Fsp3) is 0.0526. The zero-order chi connectivity index (χ0) is 14.3. The van der Waals surface area contributed by atoms with Crippen LogP contribution in [-0.2, 0) is 0 Å². The lowest BCUT2D eigenvalue weighted by Crippen LogP contribution is -1.74. The molecule has 0 aliphatic rings. The Kier molecular flexibility index (Phi) is 4.18. The third-order valence-electron chi connectivity index (χ3n) is 3.24. The Morgan fingerprint density at radius 3 is 2.43 bits per heavy atom. The fourth-order valence-electron chi connectivity index (χ4n) is 2.21. The molecule has 0 unspecified atom stereocenters. The fourth-order valence-corrected chi connectivity index (χ4v) is 2.21. The first-order valence-corrected chi connectivity index (χ1v) is 7.00. The first-order valence-electron chi connectivity index (χ1n) is 7.00. The van der Waals surface area contributed by atoms with E-state index >= 15 is 0 Å². The number of fused-ring (bicyclic) bond motifs is 1. The predicted octanol–water partition coefficient (Wildman–Crippen LogP) is 5.64. The molecule has 0 N–H and O–H groups in total. The van der Waals surface area contributed by atoms with Crippen molar-refractivity contribution in [3.8, 4) is 0 Å². The number of benzene rings is 3. The van der Waals surface area contributed by atoms with Crippen LogP contribution in [0.25, 0.3) is 16.8 Å². The van der Waals surface area contributed by atoms with E-state index in [9.17, 15) is 0 Å². The molecule has 0 amide bonds. The van der Waals surface area contributed by atoms with Crippen LogP contribution in [0.4, 0.5) is 5.69 Å². The van der Waals surface area contributed by atoms with E-state index in [1.54, 1.807) is 0 Å². The van der Waals surface area contributed by atoms with Gasteiger partial charge in [-0.3, -0.25) is 0 Å². The van der Waals surface area contributed by atoms with Crippen LogP contribution in [0.15, 0.2) is 89.1 Å². The van der Waals surface area contributed by atoms with Gasteiger partial charge in [0.2, 0.25) is 0 Å². The maximum atomic E-state index is 4.34. The van der Waals surface area contributed by atoms with Gasteiger partial charge in [-0.15, -0.1) is 0 Å². The molecular weight excluding hydrogens is 256 g/mol. The summed E-state index contributed by atoms with van der Waals surface area (Å²) in [6.45, 7) is 0.581. The highest BCUT2D eigenvalue weighted by atomic mass is 15.1. The average Bonchev–Trinajstić information content (AvgIpc) is 2.56. The molecule has 0 aliphatic heterocycles. The minimum absolute atomic E-state index is 0.581. The largest absolute Gasteiger partial charge is 0.184 e. The summed E-state index contributed by atoms with van der Waals surface area (Å²) in [5.41, 5.74) is 2.10. The minimum Gasteiger partial charge on any atom is -0.184 e. The van der Waals surface area contributed by atoms with Crippen molar-refractivity contribution >= 4 is 22.5 Å². The van der Waals surface area contributed by atoms with Crippen molar-refractivity contribution in [1.29, 1.82) is 0 Å². The van der Waals surface area contributed by atoms with Crippen LogP contribution in [-0.4, -0.2) is 6.54 Å². The SMILES string of the molecule is C(=Cc1ccccc1)CN=Nc1cccc2ccccc12. The van der Waals surface area contributed by atoms with Crippen molar-refractivity contribution in [1.82, 2.24) is 0 Å². The third kappa shape index (κ3) is 3.42. The highest BCUT2D eigenvalue weighted by Gasteiger charge is 1.97. The Morgan fingerprint density at radius 2 is 1.52 bits per heavy atom. The molecular formula is C19H16N2. The lowest BCUT2D eigenvalue weighted by Gasteiger charge is -1.99. The summed E-state index contributed by atoms with van der Waals surface area (Å²) in [5.74, 6) is 0. The van der Waals surface area contributed by atoms with E-state index in [0.29, 0.717) is 6.54 Å².